The Balaban J connectivity index is 1.83. The van der Waals surface area contributed by atoms with Crippen LogP contribution in [0.3, 0.4) is 0 Å². The molecule has 0 aliphatic carbocycles. The van der Waals surface area contributed by atoms with Crippen molar-refractivity contribution in [3.63, 3.8) is 0 Å². The molecule has 0 heterocycles. The fourth-order valence-electron chi connectivity index (χ4n) is 2.95. The largest absolute Gasteiger partial charge is 0.391 e. The molecular formula is C22H18N2O5. The summed E-state index contributed by atoms with van der Waals surface area (Å²) >= 11 is 0. The maximum atomic E-state index is 12.9. The SMILES string of the molecule is NC(C(=O)OC(=O)C(c1ccccc1)c1ccccc1)c1cccc([N+](=O)[O-])c1. The minimum absolute atomic E-state index is 0.188. The molecular weight excluding hydrogens is 372 g/mol. The summed E-state index contributed by atoms with van der Waals surface area (Å²) in [6, 6.07) is 21.9. The molecule has 0 radical (unpaired) electrons. The maximum absolute atomic E-state index is 12.9. The number of nitrogens with zero attached hydrogens (tertiary/aromatic N) is 1. The number of nitro benzene ring substituents is 1. The van der Waals surface area contributed by atoms with Gasteiger partial charge in [-0.25, -0.2) is 4.79 Å². The number of benzene rings is 3. The van der Waals surface area contributed by atoms with E-state index < -0.39 is 28.8 Å². The van der Waals surface area contributed by atoms with Gasteiger partial charge in [-0.3, -0.25) is 14.9 Å². The van der Waals surface area contributed by atoms with Gasteiger partial charge in [0.2, 0.25) is 0 Å². The van der Waals surface area contributed by atoms with Crippen LogP contribution < -0.4 is 5.73 Å². The summed E-state index contributed by atoms with van der Waals surface area (Å²) in [6.07, 6.45) is 0. The van der Waals surface area contributed by atoms with Crippen LogP contribution in [0.15, 0.2) is 84.9 Å². The summed E-state index contributed by atoms with van der Waals surface area (Å²) in [5.41, 5.74) is 7.20. The van der Waals surface area contributed by atoms with E-state index in [4.69, 9.17) is 10.5 Å². The highest BCUT2D eigenvalue weighted by atomic mass is 16.6. The first-order valence-electron chi connectivity index (χ1n) is 8.82. The molecule has 7 heteroatoms. The lowest BCUT2D eigenvalue weighted by atomic mass is 9.91. The van der Waals surface area contributed by atoms with Crippen molar-refractivity contribution in [3.05, 3.63) is 112 Å². The Kier molecular flexibility index (Phi) is 6.11. The number of carbonyl (C=O) groups is 2. The van der Waals surface area contributed by atoms with Crippen LogP contribution in [0.1, 0.15) is 28.7 Å². The number of nitro groups is 1. The summed E-state index contributed by atoms with van der Waals surface area (Å²) < 4.78 is 5.07. The lowest BCUT2D eigenvalue weighted by Crippen LogP contribution is -2.29. The van der Waals surface area contributed by atoms with Gasteiger partial charge in [-0.15, -0.1) is 0 Å². The molecule has 1 atom stereocenters. The highest BCUT2D eigenvalue weighted by molar-refractivity contribution is 5.93. The first-order valence-corrected chi connectivity index (χ1v) is 8.82. The van der Waals surface area contributed by atoms with Crippen LogP contribution in [0.5, 0.6) is 0 Å². The third-order valence-electron chi connectivity index (χ3n) is 4.40. The van der Waals surface area contributed by atoms with Crippen LogP contribution in [0.2, 0.25) is 0 Å². The summed E-state index contributed by atoms with van der Waals surface area (Å²) in [6.45, 7) is 0. The average Bonchev–Trinajstić information content (AvgIpc) is 2.75. The van der Waals surface area contributed by atoms with Gasteiger partial charge in [0.05, 0.1) is 4.92 Å². The first-order chi connectivity index (χ1) is 14.0. The van der Waals surface area contributed by atoms with Gasteiger partial charge in [0.25, 0.3) is 5.69 Å². The van der Waals surface area contributed by atoms with E-state index in [9.17, 15) is 19.7 Å². The van der Waals surface area contributed by atoms with E-state index in [1.165, 1.54) is 24.3 Å². The Labute approximate surface area is 166 Å². The minimum atomic E-state index is -1.33. The molecule has 3 aromatic carbocycles. The van der Waals surface area contributed by atoms with E-state index in [-0.39, 0.29) is 11.3 Å². The zero-order chi connectivity index (χ0) is 20.8. The number of hydrogen-bond donors (Lipinski definition) is 1. The number of nitrogens with two attached hydrogens (primary N) is 1. The van der Waals surface area contributed by atoms with Crippen molar-refractivity contribution in [3.8, 4) is 0 Å². The van der Waals surface area contributed by atoms with Crippen molar-refractivity contribution in [1.82, 2.24) is 0 Å². The van der Waals surface area contributed by atoms with Crippen molar-refractivity contribution >= 4 is 17.6 Å². The summed E-state index contributed by atoms with van der Waals surface area (Å²) in [5.74, 6) is -2.56. The molecule has 2 N–H and O–H groups in total. The first kappa shape index (κ1) is 19.9. The van der Waals surface area contributed by atoms with Gasteiger partial charge < -0.3 is 10.5 Å². The molecule has 0 aliphatic rings. The predicted octanol–water partition coefficient (Wildman–Crippen LogP) is 3.50. The molecule has 0 aliphatic heterocycles. The highest BCUT2D eigenvalue weighted by Crippen LogP contribution is 2.27. The van der Waals surface area contributed by atoms with Gasteiger partial charge in [-0.05, 0) is 16.7 Å². The molecule has 0 aromatic heterocycles. The fraction of sp³-hybridized carbons (Fsp3) is 0.0909. The summed E-state index contributed by atoms with van der Waals surface area (Å²) in [7, 11) is 0. The second kappa shape index (κ2) is 8.90. The molecule has 29 heavy (non-hydrogen) atoms. The zero-order valence-corrected chi connectivity index (χ0v) is 15.3. The second-order valence-electron chi connectivity index (χ2n) is 6.32. The standard InChI is InChI=1S/C22H18N2O5/c23-20(17-12-7-13-18(14-17)24(27)28)22(26)29-21(25)19(15-8-3-1-4-9-15)16-10-5-2-6-11-16/h1-14,19-20H,23H2. The quantitative estimate of drug-likeness (QED) is 0.298. The maximum Gasteiger partial charge on any atom is 0.335 e. The minimum Gasteiger partial charge on any atom is -0.391 e. The van der Waals surface area contributed by atoms with E-state index in [0.717, 1.165) is 0 Å². The molecule has 0 saturated heterocycles. The number of ether oxygens (including phenoxy) is 1. The molecule has 146 valence electrons. The third-order valence-corrected chi connectivity index (χ3v) is 4.40. The van der Waals surface area contributed by atoms with Crippen molar-refractivity contribution < 1.29 is 19.2 Å². The predicted molar refractivity (Wildman–Crippen MR) is 106 cm³/mol. The molecule has 0 fully saturated rings. The van der Waals surface area contributed by atoms with Gasteiger partial charge in [0.15, 0.2) is 0 Å². The molecule has 0 amide bonds. The lowest BCUT2D eigenvalue weighted by Gasteiger charge is -2.18. The van der Waals surface area contributed by atoms with Gasteiger partial charge in [-0.2, -0.15) is 0 Å². The lowest BCUT2D eigenvalue weighted by molar-refractivity contribution is -0.384. The molecule has 3 rings (SSSR count). The normalized spacial score (nSPS) is 11.7. The number of non-ortho nitro benzene ring substituents is 1. The number of esters is 2. The van der Waals surface area contributed by atoms with E-state index in [1.54, 1.807) is 48.5 Å². The van der Waals surface area contributed by atoms with Crippen LogP contribution in [0, 0.1) is 10.1 Å². The Hall–Kier alpha value is -3.84. The van der Waals surface area contributed by atoms with Gasteiger partial charge in [0.1, 0.15) is 12.0 Å². The smallest absolute Gasteiger partial charge is 0.335 e. The Morgan fingerprint density at radius 2 is 1.31 bits per heavy atom. The van der Waals surface area contributed by atoms with E-state index in [2.05, 4.69) is 0 Å². The number of carbonyl (C=O) groups excluding carboxylic acids is 2. The van der Waals surface area contributed by atoms with E-state index in [1.807, 2.05) is 12.1 Å². The number of rotatable bonds is 6. The van der Waals surface area contributed by atoms with Crippen LogP contribution in [-0.4, -0.2) is 16.9 Å². The van der Waals surface area contributed by atoms with Gasteiger partial charge >= 0.3 is 11.9 Å². The van der Waals surface area contributed by atoms with Crippen molar-refractivity contribution in [1.29, 1.82) is 0 Å². The van der Waals surface area contributed by atoms with Crippen LogP contribution >= 0.6 is 0 Å². The Morgan fingerprint density at radius 3 is 1.83 bits per heavy atom. The third kappa shape index (κ3) is 4.72. The molecule has 1 unspecified atom stereocenters. The Bertz CT molecular complexity index is 982. The summed E-state index contributed by atoms with van der Waals surface area (Å²) in [5, 5.41) is 10.9. The Morgan fingerprint density at radius 1 is 0.793 bits per heavy atom. The molecule has 0 saturated carbocycles. The van der Waals surface area contributed by atoms with Crippen LogP contribution in [-0.2, 0) is 14.3 Å². The average molecular weight is 390 g/mol. The number of hydrogen-bond acceptors (Lipinski definition) is 6. The van der Waals surface area contributed by atoms with Crippen molar-refractivity contribution in [2.75, 3.05) is 0 Å². The highest BCUT2D eigenvalue weighted by Gasteiger charge is 2.29. The molecule has 7 nitrogen and oxygen atoms in total. The monoisotopic (exact) mass is 390 g/mol. The van der Waals surface area contributed by atoms with E-state index in [0.29, 0.717) is 11.1 Å². The van der Waals surface area contributed by atoms with Crippen molar-refractivity contribution in [2.24, 2.45) is 5.73 Å². The second-order valence-corrected chi connectivity index (χ2v) is 6.32. The zero-order valence-electron chi connectivity index (χ0n) is 15.3. The van der Waals surface area contributed by atoms with Gasteiger partial charge in [0, 0.05) is 12.1 Å². The molecule has 0 bridgehead atoms. The topological polar surface area (TPSA) is 113 Å². The van der Waals surface area contributed by atoms with Crippen molar-refractivity contribution in [2.45, 2.75) is 12.0 Å². The van der Waals surface area contributed by atoms with Gasteiger partial charge in [-0.1, -0.05) is 72.8 Å². The summed E-state index contributed by atoms with van der Waals surface area (Å²) in [4.78, 5) is 35.7. The molecule has 3 aromatic rings. The van der Waals surface area contributed by atoms with Crippen LogP contribution in [0.4, 0.5) is 5.69 Å². The van der Waals surface area contributed by atoms with Crippen LogP contribution in [0.25, 0.3) is 0 Å². The van der Waals surface area contributed by atoms with E-state index >= 15 is 0 Å². The molecule has 0 spiro atoms. The fourth-order valence-corrected chi connectivity index (χ4v) is 2.95.